The van der Waals surface area contributed by atoms with Crippen LogP contribution >= 0.6 is 0 Å². The van der Waals surface area contributed by atoms with Crippen LogP contribution < -0.4 is 5.32 Å². The minimum atomic E-state index is -4.36. The fourth-order valence-electron chi connectivity index (χ4n) is 3.68. The average Bonchev–Trinajstić information content (AvgIpc) is 2.69. The number of aromatic nitrogens is 1. The van der Waals surface area contributed by atoms with E-state index in [9.17, 15) is 13.2 Å². The second kappa shape index (κ2) is 7.29. The number of fused-ring (bicyclic) bond motifs is 1. The van der Waals surface area contributed by atoms with Gasteiger partial charge in [0.25, 0.3) is 0 Å². The SMILES string of the molecule is FC(F)(F)c1cccc(C(c2cnc3ccccc3c2)N2CCNCC2)c1. The largest absolute Gasteiger partial charge is 0.416 e. The molecule has 140 valence electrons. The van der Waals surface area contributed by atoms with Crippen molar-refractivity contribution in [1.29, 1.82) is 0 Å². The minimum Gasteiger partial charge on any atom is -0.314 e. The standard InChI is InChI=1S/C21H20F3N3/c22-21(23,24)18-6-3-5-16(13-18)20(27-10-8-25-9-11-27)17-12-15-4-1-2-7-19(15)26-14-17/h1-7,12-14,20,25H,8-11H2. The number of alkyl halides is 3. The molecule has 1 aliphatic heterocycles. The van der Waals surface area contributed by atoms with E-state index in [1.165, 1.54) is 12.1 Å². The van der Waals surface area contributed by atoms with Gasteiger partial charge >= 0.3 is 6.18 Å². The molecule has 2 aromatic carbocycles. The van der Waals surface area contributed by atoms with Gasteiger partial charge in [-0.2, -0.15) is 13.2 Å². The van der Waals surface area contributed by atoms with Crippen molar-refractivity contribution in [3.63, 3.8) is 0 Å². The summed E-state index contributed by atoms with van der Waals surface area (Å²) in [6.07, 6.45) is -2.57. The number of halogens is 3. The van der Waals surface area contributed by atoms with Crippen LogP contribution in [0.5, 0.6) is 0 Å². The number of nitrogens with one attached hydrogen (secondary N) is 1. The highest BCUT2D eigenvalue weighted by molar-refractivity contribution is 5.79. The molecule has 3 aromatic rings. The van der Waals surface area contributed by atoms with Crippen molar-refractivity contribution < 1.29 is 13.2 Å². The fraction of sp³-hybridized carbons (Fsp3) is 0.286. The molecule has 6 heteroatoms. The summed E-state index contributed by atoms with van der Waals surface area (Å²) < 4.78 is 39.7. The summed E-state index contributed by atoms with van der Waals surface area (Å²) in [6, 6.07) is 15.2. The van der Waals surface area contributed by atoms with Gasteiger partial charge in [0, 0.05) is 37.8 Å². The van der Waals surface area contributed by atoms with E-state index >= 15 is 0 Å². The van der Waals surface area contributed by atoms with Crippen molar-refractivity contribution in [1.82, 2.24) is 15.2 Å². The third-order valence-corrected chi connectivity index (χ3v) is 4.97. The molecule has 1 unspecified atom stereocenters. The maximum absolute atomic E-state index is 13.2. The Balaban J connectivity index is 1.81. The first-order chi connectivity index (χ1) is 13.0. The van der Waals surface area contributed by atoms with Gasteiger partial charge < -0.3 is 5.32 Å². The maximum Gasteiger partial charge on any atom is 0.416 e. The maximum atomic E-state index is 13.2. The van der Waals surface area contributed by atoms with E-state index in [-0.39, 0.29) is 6.04 Å². The highest BCUT2D eigenvalue weighted by atomic mass is 19.4. The van der Waals surface area contributed by atoms with Crippen LogP contribution in [0.15, 0.2) is 60.8 Å². The van der Waals surface area contributed by atoms with Gasteiger partial charge in [-0.3, -0.25) is 9.88 Å². The molecule has 1 atom stereocenters. The lowest BCUT2D eigenvalue weighted by Crippen LogP contribution is -2.45. The zero-order chi connectivity index (χ0) is 18.9. The molecule has 27 heavy (non-hydrogen) atoms. The van der Waals surface area contributed by atoms with Gasteiger partial charge in [0.15, 0.2) is 0 Å². The molecule has 0 radical (unpaired) electrons. The fourth-order valence-corrected chi connectivity index (χ4v) is 3.68. The number of nitrogens with zero attached hydrogens (tertiary/aromatic N) is 2. The number of para-hydroxylation sites is 1. The van der Waals surface area contributed by atoms with Gasteiger partial charge in [-0.1, -0.05) is 30.3 Å². The Morgan fingerprint density at radius 1 is 0.926 bits per heavy atom. The summed E-state index contributed by atoms with van der Waals surface area (Å²) in [5, 5.41) is 4.29. The van der Waals surface area contributed by atoms with Gasteiger partial charge in [0.2, 0.25) is 0 Å². The van der Waals surface area contributed by atoms with Gasteiger partial charge in [-0.25, -0.2) is 0 Å². The minimum absolute atomic E-state index is 0.258. The summed E-state index contributed by atoms with van der Waals surface area (Å²) in [5.41, 5.74) is 1.82. The predicted molar refractivity (Wildman–Crippen MR) is 99.5 cm³/mol. The van der Waals surface area contributed by atoms with Crippen LogP contribution in [0.1, 0.15) is 22.7 Å². The Kier molecular flexibility index (Phi) is 4.85. The second-order valence-electron chi connectivity index (χ2n) is 6.77. The smallest absolute Gasteiger partial charge is 0.314 e. The van der Waals surface area contributed by atoms with Gasteiger partial charge in [-0.15, -0.1) is 0 Å². The van der Waals surface area contributed by atoms with E-state index in [4.69, 9.17) is 0 Å². The molecule has 1 N–H and O–H groups in total. The van der Waals surface area contributed by atoms with Crippen LogP contribution in [-0.4, -0.2) is 36.1 Å². The normalized spacial score (nSPS) is 17.1. The van der Waals surface area contributed by atoms with Crippen molar-refractivity contribution in [2.75, 3.05) is 26.2 Å². The van der Waals surface area contributed by atoms with Crippen molar-refractivity contribution in [2.45, 2.75) is 12.2 Å². The predicted octanol–water partition coefficient (Wildman–Crippen LogP) is 4.25. The van der Waals surface area contributed by atoms with Gasteiger partial charge in [0.1, 0.15) is 0 Å². The molecule has 0 spiro atoms. The van der Waals surface area contributed by atoms with Crippen LogP contribution in [0.25, 0.3) is 10.9 Å². The van der Waals surface area contributed by atoms with Crippen LogP contribution in [0.2, 0.25) is 0 Å². The summed E-state index contributed by atoms with van der Waals surface area (Å²) >= 11 is 0. The lowest BCUT2D eigenvalue weighted by Gasteiger charge is -2.35. The molecule has 0 bridgehead atoms. The van der Waals surface area contributed by atoms with Crippen LogP contribution in [0.4, 0.5) is 13.2 Å². The van der Waals surface area contributed by atoms with Crippen molar-refractivity contribution in [3.8, 4) is 0 Å². The molecule has 3 nitrogen and oxygen atoms in total. The first-order valence-electron chi connectivity index (χ1n) is 8.99. The van der Waals surface area contributed by atoms with Crippen molar-refractivity contribution in [2.24, 2.45) is 0 Å². The second-order valence-corrected chi connectivity index (χ2v) is 6.77. The summed E-state index contributed by atoms with van der Waals surface area (Å²) in [5.74, 6) is 0. The number of piperazine rings is 1. The monoisotopic (exact) mass is 371 g/mol. The number of benzene rings is 2. The van der Waals surface area contributed by atoms with Gasteiger partial charge in [-0.05, 0) is 35.4 Å². The van der Waals surface area contributed by atoms with E-state index in [1.807, 2.05) is 30.3 Å². The van der Waals surface area contributed by atoms with Crippen molar-refractivity contribution >= 4 is 10.9 Å². The van der Waals surface area contributed by atoms with Gasteiger partial charge in [0.05, 0.1) is 17.1 Å². The number of rotatable bonds is 3. The zero-order valence-electron chi connectivity index (χ0n) is 14.7. The van der Waals surface area contributed by atoms with Crippen LogP contribution in [-0.2, 0) is 6.18 Å². The number of pyridine rings is 1. The third kappa shape index (κ3) is 3.82. The Labute approximate surface area is 155 Å². The molecule has 1 aromatic heterocycles. The lowest BCUT2D eigenvalue weighted by molar-refractivity contribution is -0.137. The first kappa shape index (κ1) is 17.9. The molecule has 4 rings (SSSR count). The Morgan fingerprint density at radius 2 is 1.70 bits per heavy atom. The lowest BCUT2D eigenvalue weighted by atomic mass is 9.95. The topological polar surface area (TPSA) is 28.2 Å². The van der Waals surface area contributed by atoms with Crippen molar-refractivity contribution in [3.05, 3.63) is 77.5 Å². The molecule has 1 aliphatic rings. The molecule has 0 saturated carbocycles. The van der Waals surface area contributed by atoms with E-state index in [1.54, 1.807) is 12.3 Å². The Bertz CT molecular complexity index is 933. The zero-order valence-corrected chi connectivity index (χ0v) is 14.7. The Morgan fingerprint density at radius 3 is 2.48 bits per heavy atom. The highest BCUT2D eigenvalue weighted by Crippen LogP contribution is 2.35. The molecular formula is C21H20F3N3. The van der Waals surface area contributed by atoms with E-state index < -0.39 is 11.7 Å². The average molecular weight is 371 g/mol. The number of hydrogen-bond acceptors (Lipinski definition) is 3. The van der Waals surface area contributed by atoms with E-state index in [2.05, 4.69) is 15.2 Å². The van der Waals surface area contributed by atoms with E-state index in [0.29, 0.717) is 5.56 Å². The van der Waals surface area contributed by atoms with Crippen LogP contribution in [0, 0.1) is 0 Å². The van der Waals surface area contributed by atoms with E-state index in [0.717, 1.165) is 48.7 Å². The summed E-state index contributed by atoms with van der Waals surface area (Å²) in [6.45, 7) is 3.18. The Hall–Kier alpha value is -2.44. The number of hydrogen-bond donors (Lipinski definition) is 1. The molecule has 1 saturated heterocycles. The molecule has 0 aliphatic carbocycles. The molecule has 2 heterocycles. The molecule has 1 fully saturated rings. The summed E-state index contributed by atoms with van der Waals surface area (Å²) in [7, 11) is 0. The molecular weight excluding hydrogens is 351 g/mol. The quantitative estimate of drug-likeness (QED) is 0.746. The van der Waals surface area contributed by atoms with Crippen LogP contribution in [0.3, 0.4) is 0 Å². The molecule has 0 amide bonds. The third-order valence-electron chi connectivity index (χ3n) is 4.97. The first-order valence-corrected chi connectivity index (χ1v) is 8.99. The summed E-state index contributed by atoms with van der Waals surface area (Å²) in [4.78, 5) is 6.75. The highest BCUT2D eigenvalue weighted by Gasteiger charge is 2.32.